The molecule has 1 amide bonds. The summed E-state index contributed by atoms with van der Waals surface area (Å²) in [6.07, 6.45) is 0.873. The van der Waals surface area contributed by atoms with Gasteiger partial charge in [0.15, 0.2) is 0 Å². The number of likely N-dealkylation sites (tertiary alicyclic amines) is 1. The van der Waals surface area contributed by atoms with Crippen molar-refractivity contribution in [1.29, 1.82) is 5.26 Å². The van der Waals surface area contributed by atoms with Crippen LogP contribution in [0.3, 0.4) is 0 Å². The Kier molecular flexibility index (Phi) is 3.06. The van der Waals surface area contributed by atoms with E-state index in [1.54, 1.807) is 11.0 Å². The molecule has 1 heterocycles. The van der Waals surface area contributed by atoms with E-state index in [0.717, 1.165) is 25.9 Å². The number of aliphatic hydroxyl groups is 1. The normalized spacial score (nSPS) is 18.8. The third-order valence-corrected chi connectivity index (χ3v) is 1.98. The molecule has 0 saturated carbocycles. The van der Waals surface area contributed by atoms with Crippen molar-refractivity contribution < 1.29 is 9.90 Å². The van der Waals surface area contributed by atoms with Gasteiger partial charge in [0.2, 0.25) is 5.91 Å². The van der Waals surface area contributed by atoms with Gasteiger partial charge in [0, 0.05) is 13.1 Å². The maximum absolute atomic E-state index is 11.2. The van der Waals surface area contributed by atoms with Gasteiger partial charge in [0.1, 0.15) is 6.10 Å². The van der Waals surface area contributed by atoms with E-state index >= 15 is 0 Å². The summed E-state index contributed by atoms with van der Waals surface area (Å²) in [6.45, 7) is 1.55. The van der Waals surface area contributed by atoms with E-state index in [1.165, 1.54) is 0 Å². The van der Waals surface area contributed by atoms with Crippen molar-refractivity contribution in [1.82, 2.24) is 4.90 Å². The van der Waals surface area contributed by atoms with Crippen LogP contribution >= 0.6 is 0 Å². The van der Waals surface area contributed by atoms with Crippen LogP contribution in [-0.4, -0.2) is 35.1 Å². The number of rotatable bonds is 2. The van der Waals surface area contributed by atoms with E-state index in [2.05, 4.69) is 0 Å². The first-order valence-electron chi connectivity index (χ1n) is 4.09. The Balaban J connectivity index is 2.33. The highest BCUT2D eigenvalue weighted by Crippen LogP contribution is 2.09. The number of aliphatic hydroxyl groups excluding tert-OH is 1. The SMILES string of the molecule is N#CC(O)CC(=O)N1CCCC1. The molecule has 1 aliphatic heterocycles. The fourth-order valence-electron chi connectivity index (χ4n) is 1.31. The Hall–Kier alpha value is -1.08. The standard InChI is InChI=1S/C8H12N2O2/c9-6-7(11)5-8(12)10-3-1-2-4-10/h7,11H,1-5H2. The van der Waals surface area contributed by atoms with Crippen molar-refractivity contribution >= 4 is 5.91 Å². The fraction of sp³-hybridized carbons (Fsp3) is 0.750. The van der Waals surface area contributed by atoms with Gasteiger partial charge in [-0.05, 0) is 12.8 Å². The first-order chi connectivity index (χ1) is 5.74. The molecule has 0 bridgehead atoms. The molecule has 12 heavy (non-hydrogen) atoms. The van der Waals surface area contributed by atoms with Crippen LogP contribution in [0.1, 0.15) is 19.3 Å². The zero-order valence-corrected chi connectivity index (χ0v) is 6.86. The van der Waals surface area contributed by atoms with Crippen LogP contribution in [0.15, 0.2) is 0 Å². The van der Waals surface area contributed by atoms with Gasteiger partial charge in [0.25, 0.3) is 0 Å². The Morgan fingerprint density at radius 1 is 1.58 bits per heavy atom. The van der Waals surface area contributed by atoms with Crippen LogP contribution in [0.4, 0.5) is 0 Å². The lowest BCUT2D eigenvalue weighted by Gasteiger charge is -2.14. The van der Waals surface area contributed by atoms with Crippen molar-refractivity contribution in [3.05, 3.63) is 0 Å². The quantitative estimate of drug-likeness (QED) is 0.585. The molecule has 0 aromatic carbocycles. The maximum Gasteiger partial charge on any atom is 0.226 e. The van der Waals surface area contributed by atoms with Crippen LogP contribution in [0.2, 0.25) is 0 Å². The average molecular weight is 168 g/mol. The minimum atomic E-state index is -1.14. The second-order valence-electron chi connectivity index (χ2n) is 2.94. The monoisotopic (exact) mass is 168 g/mol. The Morgan fingerprint density at radius 2 is 2.17 bits per heavy atom. The first-order valence-corrected chi connectivity index (χ1v) is 4.09. The molecule has 1 rings (SSSR count). The van der Waals surface area contributed by atoms with Crippen molar-refractivity contribution in [2.45, 2.75) is 25.4 Å². The lowest BCUT2D eigenvalue weighted by Crippen LogP contribution is -2.30. The van der Waals surface area contributed by atoms with Crippen molar-refractivity contribution in [3.63, 3.8) is 0 Å². The number of carbonyl (C=O) groups is 1. The fourth-order valence-corrected chi connectivity index (χ4v) is 1.31. The number of carbonyl (C=O) groups excluding carboxylic acids is 1. The summed E-state index contributed by atoms with van der Waals surface area (Å²) in [5.41, 5.74) is 0. The summed E-state index contributed by atoms with van der Waals surface area (Å²) >= 11 is 0. The van der Waals surface area contributed by atoms with E-state index in [1.807, 2.05) is 0 Å². The summed E-state index contributed by atoms with van der Waals surface area (Å²) < 4.78 is 0. The summed E-state index contributed by atoms with van der Waals surface area (Å²) in [7, 11) is 0. The Labute approximate surface area is 71.4 Å². The van der Waals surface area contributed by atoms with E-state index in [0.29, 0.717) is 0 Å². The summed E-state index contributed by atoms with van der Waals surface area (Å²) in [4.78, 5) is 12.9. The molecular formula is C8H12N2O2. The third kappa shape index (κ3) is 2.21. The summed E-state index contributed by atoms with van der Waals surface area (Å²) in [5.74, 6) is -0.110. The molecule has 0 aromatic heterocycles. The summed E-state index contributed by atoms with van der Waals surface area (Å²) in [5, 5.41) is 17.1. The smallest absolute Gasteiger partial charge is 0.226 e. The highest BCUT2D eigenvalue weighted by Gasteiger charge is 2.19. The molecule has 0 radical (unpaired) electrons. The van der Waals surface area contributed by atoms with E-state index in [4.69, 9.17) is 10.4 Å². The first kappa shape index (κ1) is 9.01. The molecular weight excluding hydrogens is 156 g/mol. The molecule has 1 aliphatic rings. The molecule has 1 unspecified atom stereocenters. The number of hydrogen-bond donors (Lipinski definition) is 1. The van der Waals surface area contributed by atoms with Crippen LogP contribution in [-0.2, 0) is 4.79 Å². The van der Waals surface area contributed by atoms with Crippen molar-refractivity contribution in [2.24, 2.45) is 0 Å². The predicted octanol–water partition coefficient (Wildman–Crippen LogP) is -0.117. The second-order valence-corrected chi connectivity index (χ2v) is 2.94. The highest BCUT2D eigenvalue weighted by molar-refractivity contribution is 5.77. The molecule has 1 saturated heterocycles. The Bertz CT molecular complexity index is 204. The molecule has 0 spiro atoms. The number of amides is 1. The average Bonchev–Trinajstić information content (AvgIpc) is 2.56. The van der Waals surface area contributed by atoms with Gasteiger partial charge >= 0.3 is 0 Å². The predicted molar refractivity (Wildman–Crippen MR) is 42.1 cm³/mol. The topological polar surface area (TPSA) is 64.3 Å². The summed E-state index contributed by atoms with van der Waals surface area (Å²) in [6, 6.07) is 1.63. The number of hydrogen-bond acceptors (Lipinski definition) is 3. The van der Waals surface area contributed by atoms with Crippen LogP contribution < -0.4 is 0 Å². The number of nitriles is 1. The Morgan fingerprint density at radius 3 is 2.67 bits per heavy atom. The van der Waals surface area contributed by atoms with Crippen LogP contribution in [0.5, 0.6) is 0 Å². The molecule has 4 heteroatoms. The minimum absolute atomic E-state index is 0.0590. The molecule has 1 atom stereocenters. The van der Waals surface area contributed by atoms with Gasteiger partial charge in [-0.3, -0.25) is 4.79 Å². The van der Waals surface area contributed by atoms with Gasteiger partial charge in [-0.2, -0.15) is 5.26 Å². The van der Waals surface area contributed by atoms with Gasteiger partial charge in [-0.25, -0.2) is 0 Å². The van der Waals surface area contributed by atoms with Crippen LogP contribution in [0.25, 0.3) is 0 Å². The van der Waals surface area contributed by atoms with E-state index < -0.39 is 6.10 Å². The van der Waals surface area contributed by atoms with Gasteiger partial charge in [-0.1, -0.05) is 0 Å². The van der Waals surface area contributed by atoms with Crippen molar-refractivity contribution in [2.75, 3.05) is 13.1 Å². The molecule has 1 N–H and O–H groups in total. The second kappa shape index (κ2) is 4.07. The highest BCUT2D eigenvalue weighted by atomic mass is 16.3. The maximum atomic E-state index is 11.2. The molecule has 66 valence electrons. The van der Waals surface area contributed by atoms with Gasteiger partial charge in [-0.15, -0.1) is 0 Å². The third-order valence-electron chi connectivity index (χ3n) is 1.98. The zero-order chi connectivity index (χ0) is 8.97. The lowest BCUT2D eigenvalue weighted by molar-refractivity contribution is -0.131. The largest absolute Gasteiger partial charge is 0.378 e. The van der Waals surface area contributed by atoms with E-state index in [9.17, 15) is 4.79 Å². The lowest BCUT2D eigenvalue weighted by atomic mass is 10.2. The molecule has 1 fully saturated rings. The molecule has 4 nitrogen and oxygen atoms in total. The zero-order valence-electron chi connectivity index (χ0n) is 6.86. The van der Waals surface area contributed by atoms with Gasteiger partial charge < -0.3 is 10.0 Å². The van der Waals surface area contributed by atoms with Crippen LogP contribution in [0, 0.1) is 11.3 Å². The molecule has 0 aliphatic carbocycles. The van der Waals surface area contributed by atoms with Gasteiger partial charge in [0.05, 0.1) is 12.5 Å². The van der Waals surface area contributed by atoms with E-state index in [-0.39, 0.29) is 12.3 Å². The molecule has 0 aromatic rings. The minimum Gasteiger partial charge on any atom is -0.378 e. The number of nitrogens with zero attached hydrogens (tertiary/aromatic N) is 2. The van der Waals surface area contributed by atoms with Crippen molar-refractivity contribution in [3.8, 4) is 6.07 Å².